The molecule has 0 aliphatic rings. The van der Waals surface area contributed by atoms with Crippen LogP contribution in [0.15, 0.2) is 48.5 Å². The lowest BCUT2D eigenvalue weighted by Crippen LogP contribution is -2.32. The number of hydrogen-bond acceptors (Lipinski definition) is 2. The molecule has 0 heterocycles. The smallest absolute Gasteiger partial charge is 0.387 e. The fourth-order valence-electron chi connectivity index (χ4n) is 2.42. The molecule has 2 aromatic rings. The highest BCUT2D eigenvalue weighted by atomic mass is 35.5. The van der Waals surface area contributed by atoms with Gasteiger partial charge in [-0.2, -0.15) is 13.2 Å². The van der Waals surface area contributed by atoms with E-state index in [0.29, 0.717) is 11.4 Å². The van der Waals surface area contributed by atoms with Gasteiger partial charge < -0.3 is 10.4 Å². The van der Waals surface area contributed by atoms with Crippen molar-refractivity contribution < 1.29 is 18.3 Å². The summed E-state index contributed by atoms with van der Waals surface area (Å²) in [5.74, 6) is 0. The normalized spacial score (nSPS) is 14.4. The van der Waals surface area contributed by atoms with Gasteiger partial charge in [0.1, 0.15) is 0 Å². The lowest BCUT2D eigenvalue weighted by atomic mass is 10.0. The van der Waals surface area contributed by atoms with Crippen LogP contribution in [0.3, 0.4) is 0 Å². The zero-order valence-electron chi connectivity index (χ0n) is 13.1. The van der Waals surface area contributed by atoms with Crippen molar-refractivity contribution in [2.24, 2.45) is 0 Å². The molecule has 0 saturated heterocycles. The van der Waals surface area contributed by atoms with Crippen molar-refractivity contribution in [3.63, 3.8) is 0 Å². The number of alkyl halides is 3. The van der Waals surface area contributed by atoms with Gasteiger partial charge in [0.2, 0.25) is 0 Å². The Morgan fingerprint density at radius 2 is 1.83 bits per heavy atom. The minimum absolute atomic E-state index is 0.0188. The molecule has 0 bridgehead atoms. The van der Waals surface area contributed by atoms with Crippen LogP contribution in [-0.2, 0) is 12.6 Å². The summed E-state index contributed by atoms with van der Waals surface area (Å²) in [4.78, 5) is 0. The summed E-state index contributed by atoms with van der Waals surface area (Å²) < 4.78 is 38.1. The van der Waals surface area contributed by atoms with Gasteiger partial charge in [-0.05, 0) is 42.7 Å². The largest absolute Gasteiger partial charge is 0.416 e. The Bertz CT molecular complexity index is 675. The van der Waals surface area contributed by atoms with Gasteiger partial charge in [0, 0.05) is 17.6 Å². The van der Waals surface area contributed by atoms with E-state index in [1.807, 2.05) is 25.1 Å². The summed E-state index contributed by atoms with van der Waals surface area (Å²) >= 11 is 6.10. The van der Waals surface area contributed by atoms with E-state index in [0.717, 1.165) is 17.7 Å². The molecule has 0 aliphatic carbocycles. The summed E-state index contributed by atoms with van der Waals surface area (Å²) in [6, 6.07) is 12.2. The molecule has 0 aromatic heterocycles. The fraction of sp³-hybridized carbons (Fsp3) is 0.333. The van der Waals surface area contributed by atoms with Crippen LogP contribution in [0.25, 0.3) is 0 Å². The maximum Gasteiger partial charge on any atom is 0.416 e. The number of hydrogen-bond donors (Lipinski definition) is 2. The fourth-order valence-corrected chi connectivity index (χ4v) is 2.63. The summed E-state index contributed by atoms with van der Waals surface area (Å²) in [5.41, 5.74) is 0.457. The van der Waals surface area contributed by atoms with Crippen molar-refractivity contribution in [2.45, 2.75) is 31.7 Å². The maximum absolute atomic E-state index is 12.7. The number of rotatable bonds is 6. The quantitative estimate of drug-likeness (QED) is 0.791. The first kappa shape index (κ1) is 18.8. The van der Waals surface area contributed by atoms with Crippen LogP contribution in [0.1, 0.15) is 29.7 Å². The molecular weight excluding hydrogens is 339 g/mol. The maximum atomic E-state index is 12.7. The van der Waals surface area contributed by atoms with Gasteiger partial charge >= 0.3 is 6.18 Å². The summed E-state index contributed by atoms with van der Waals surface area (Å²) in [6.07, 6.45) is -4.77. The molecule has 6 heteroatoms. The molecule has 2 atom stereocenters. The summed E-state index contributed by atoms with van der Waals surface area (Å²) in [6.45, 7) is 2.09. The Hall–Kier alpha value is -1.56. The van der Waals surface area contributed by atoms with Crippen molar-refractivity contribution >= 4 is 11.6 Å². The third kappa shape index (κ3) is 5.23. The second-order valence-corrected chi connectivity index (χ2v) is 6.15. The Morgan fingerprint density at radius 3 is 2.50 bits per heavy atom. The number of aliphatic hydroxyl groups excluding tert-OH is 1. The van der Waals surface area contributed by atoms with E-state index in [4.69, 9.17) is 11.6 Å². The van der Waals surface area contributed by atoms with Gasteiger partial charge in [0.05, 0.1) is 11.7 Å². The zero-order chi connectivity index (χ0) is 17.7. The van der Waals surface area contributed by atoms with E-state index in [2.05, 4.69) is 5.32 Å². The summed E-state index contributed by atoms with van der Waals surface area (Å²) in [5, 5.41) is 13.9. The van der Waals surface area contributed by atoms with Gasteiger partial charge in [-0.15, -0.1) is 0 Å². The van der Waals surface area contributed by atoms with E-state index in [9.17, 15) is 18.3 Å². The van der Waals surface area contributed by atoms with Crippen molar-refractivity contribution in [1.82, 2.24) is 5.32 Å². The number of nitrogens with one attached hydrogen (secondary N) is 1. The van der Waals surface area contributed by atoms with E-state index in [1.165, 1.54) is 12.1 Å². The molecule has 2 aromatic carbocycles. The first-order valence-corrected chi connectivity index (χ1v) is 7.97. The average molecular weight is 358 g/mol. The molecule has 2 N–H and O–H groups in total. The number of halogens is 4. The highest BCUT2D eigenvalue weighted by Crippen LogP contribution is 2.30. The van der Waals surface area contributed by atoms with Gasteiger partial charge in [0.15, 0.2) is 0 Å². The average Bonchev–Trinajstić information content (AvgIpc) is 2.54. The molecule has 24 heavy (non-hydrogen) atoms. The third-order valence-electron chi connectivity index (χ3n) is 3.74. The monoisotopic (exact) mass is 357 g/mol. The SMILES string of the molecule is C[C@H](Cc1ccccc1Cl)NC[C@H](O)c1cccc(C(F)(F)F)c1. The molecule has 0 fully saturated rings. The molecule has 0 aliphatic heterocycles. The highest BCUT2D eigenvalue weighted by Gasteiger charge is 2.30. The van der Waals surface area contributed by atoms with Crippen LogP contribution in [-0.4, -0.2) is 17.7 Å². The van der Waals surface area contributed by atoms with Gasteiger partial charge in [-0.25, -0.2) is 0 Å². The Labute approximate surface area is 144 Å². The van der Waals surface area contributed by atoms with Crippen molar-refractivity contribution in [3.05, 3.63) is 70.2 Å². The number of aliphatic hydroxyl groups is 1. The standard InChI is InChI=1S/C18H19ClF3NO/c1-12(9-13-5-2-3-8-16(13)19)23-11-17(24)14-6-4-7-15(10-14)18(20,21)22/h2-8,10,12,17,23-24H,9,11H2,1H3/t12-,17+/m1/s1. The Kier molecular flexibility index (Phi) is 6.27. The van der Waals surface area contributed by atoms with Crippen LogP contribution in [0.5, 0.6) is 0 Å². The number of benzene rings is 2. The van der Waals surface area contributed by atoms with Crippen molar-refractivity contribution in [1.29, 1.82) is 0 Å². The highest BCUT2D eigenvalue weighted by molar-refractivity contribution is 6.31. The van der Waals surface area contributed by atoms with Gasteiger partial charge in [-0.3, -0.25) is 0 Å². The lowest BCUT2D eigenvalue weighted by Gasteiger charge is -2.19. The van der Waals surface area contributed by atoms with E-state index < -0.39 is 17.8 Å². The predicted octanol–water partition coefficient (Wildman–Crippen LogP) is 4.61. The second-order valence-electron chi connectivity index (χ2n) is 5.74. The first-order chi connectivity index (χ1) is 11.3. The summed E-state index contributed by atoms with van der Waals surface area (Å²) in [7, 11) is 0. The lowest BCUT2D eigenvalue weighted by molar-refractivity contribution is -0.137. The zero-order valence-corrected chi connectivity index (χ0v) is 13.9. The molecular formula is C18H19ClF3NO. The van der Waals surface area contributed by atoms with E-state index in [1.54, 1.807) is 6.07 Å². The van der Waals surface area contributed by atoms with E-state index in [-0.39, 0.29) is 18.2 Å². The molecule has 0 saturated carbocycles. The minimum Gasteiger partial charge on any atom is -0.387 e. The van der Waals surface area contributed by atoms with Gasteiger partial charge in [-0.1, -0.05) is 41.9 Å². The molecule has 2 rings (SSSR count). The van der Waals surface area contributed by atoms with Crippen LogP contribution in [0.2, 0.25) is 5.02 Å². The van der Waals surface area contributed by atoms with Crippen LogP contribution < -0.4 is 5.32 Å². The second kappa shape index (κ2) is 8.01. The first-order valence-electron chi connectivity index (χ1n) is 7.59. The predicted molar refractivity (Wildman–Crippen MR) is 89.0 cm³/mol. The minimum atomic E-state index is -4.42. The van der Waals surface area contributed by atoms with Crippen LogP contribution >= 0.6 is 11.6 Å². The molecule has 0 unspecified atom stereocenters. The molecule has 0 radical (unpaired) electrons. The Balaban J connectivity index is 1.93. The molecule has 0 spiro atoms. The Morgan fingerprint density at radius 1 is 1.12 bits per heavy atom. The van der Waals surface area contributed by atoms with Crippen molar-refractivity contribution in [3.8, 4) is 0 Å². The van der Waals surface area contributed by atoms with E-state index >= 15 is 0 Å². The van der Waals surface area contributed by atoms with Crippen molar-refractivity contribution in [2.75, 3.05) is 6.54 Å². The molecule has 0 amide bonds. The van der Waals surface area contributed by atoms with Crippen LogP contribution in [0, 0.1) is 0 Å². The molecule has 130 valence electrons. The topological polar surface area (TPSA) is 32.3 Å². The van der Waals surface area contributed by atoms with Gasteiger partial charge in [0.25, 0.3) is 0 Å². The third-order valence-corrected chi connectivity index (χ3v) is 4.11. The van der Waals surface area contributed by atoms with Crippen LogP contribution in [0.4, 0.5) is 13.2 Å². The molecule has 2 nitrogen and oxygen atoms in total.